The molecule has 1 saturated carbocycles. The Hall–Kier alpha value is -0.610. The standard InChI is InChI=1S/C22H24IN3S.HI/c1-16-7-6-8-18(15-16)24-20-22(13-4-3-5-14-22)26(21(25-20)27-2)19-11-9-17(23)10-12-19;/h6-12,15H,3-5,13-14H2,1-2H3;1H. The molecule has 1 aliphatic carbocycles. The number of anilines is 1. The summed E-state index contributed by atoms with van der Waals surface area (Å²) < 4.78 is 1.25. The van der Waals surface area contributed by atoms with E-state index < -0.39 is 0 Å². The van der Waals surface area contributed by atoms with Crippen LogP contribution in [0.2, 0.25) is 0 Å². The minimum absolute atomic E-state index is 0. The Morgan fingerprint density at radius 2 is 1.79 bits per heavy atom. The van der Waals surface area contributed by atoms with Crippen LogP contribution in [-0.2, 0) is 0 Å². The Morgan fingerprint density at radius 3 is 2.43 bits per heavy atom. The van der Waals surface area contributed by atoms with E-state index >= 15 is 0 Å². The third-order valence-electron chi connectivity index (χ3n) is 5.42. The number of rotatable bonds is 2. The second-order valence-corrected chi connectivity index (χ2v) is 9.30. The maximum absolute atomic E-state index is 5.06. The highest BCUT2D eigenvalue weighted by Gasteiger charge is 2.49. The first-order chi connectivity index (χ1) is 13.1. The highest BCUT2D eigenvalue weighted by atomic mass is 127. The van der Waals surface area contributed by atoms with Crippen molar-refractivity contribution in [1.29, 1.82) is 0 Å². The number of thioether (sulfide) groups is 1. The van der Waals surface area contributed by atoms with Crippen molar-refractivity contribution in [2.75, 3.05) is 11.2 Å². The first kappa shape index (κ1) is 22.1. The molecule has 0 radical (unpaired) electrons. The zero-order valence-corrected chi connectivity index (χ0v) is 21.5. The van der Waals surface area contributed by atoms with Crippen LogP contribution in [0.1, 0.15) is 37.7 Å². The number of nitrogens with zero attached hydrogens (tertiary/aromatic N) is 3. The van der Waals surface area contributed by atoms with Gasteiger partial charge in [-0.15, -0.1) is 24.0 Å². The van der Waals surface area contributed by atoms with Gasteiger partial charge in [0.05, 0.1) is 5.69 Å². The van der Waals surface area contributed by atoms with E-state index in [2.05, 4.69) is 89.2 Å². The molecule has 0 saturated heterocycles. The smallest absolute Gasteiger partial charge is 0.170 e. The first-order valence-corrected chi connectivity index (χ1v) is 11.8. The van der Waals surface area contributed by atoms with Gasteiger partial charge in [-0.05, 0) is 90.6 Å². The van der Waals surface area contributed by atoms with Crippen LogP contribution in [0.15, 0.2) is 58.5 Å². The molecule has 1 aliphatic heterocycles. The maximum Gasteiger partial charge on any atom is 0.170 e. The normalized spacial score (nSPS) is 19.6. The molecule has 148 valence electrons. The van der Waals surface area contributed by atoms with Crippen LogP contribution in [0.25, 0.3) is 0 Å². The summed E-state index contributed by atoms with van der Waals surface area (Å²) in [5.74, 6) is 0.982. The average Bonchev–Trinajstić information content (AvgIpc) is 2.96. The summed E-state index contributed by atoms with van der Waals surface area (Å²) in [6.07, 6.45) is 8.09. The molecule has 2 aromatic rings. The number of aryl methyl sites for hydroxylation is 1. The van der Waals surface area contributed by atoms with Gasteiger partial charge < -0.3 is 4.90 Å². The second-order valence-electron chi connectivity index (χ2n) is 7.28. The van der Waals surface area contributed by atoms with Crippen LogP contribution < -0.4 is 4.90 Å². The predicted octanol–water partition coefficient (Wildman–Crippen LogP) is 7.19. The van der Waals surface area contributed by atoms with Crippen LogP contribution in [0.4, 0.5) is 11.4 Å². The number of amidine groups is 2. The summed E-state index contributed by atoms with van der Waals surface area (Å²) in [6.45, 7) is 2.11. The largest absolute Gasteiger partial charge is 0.307 e. The summed E-state index contributed by atoms with van der Waals surface area (Å²) in [4.78, 5) is 12.6. The third kappa shape index (κ3) is 4.28. The summed E-state index contributed by atoms with van der Waals surface area (Å²) in [5, 5.41) is 1.06. The van der Waals surface area contributed by atoms with Crippen molar-refractivity contribution in [3.63, 3.8) is 0 Å². The molecule has 0 unspecified atom stereocenters. The molecule has 3 nitrogen and oxygen atoms in total. The maximum atomic E-state index is 5.06. The van der Waals surface area contributed by atoms with Gasteiger partial charge in [0.1, 0.15) is 5.54 Å². The highest BCUT2D eigenvalue weighted by Crippen LogP contribution is 2.44. The SMILES string of the molecule is CSC1=NC(=Nc2cccc(C)c2)C2(CCCCC2)N1c1ccc(I)cc1.I. The van der Waals surface area contributed by atoms with E-state index in [-0.39, 0.29) is 29.5 Å². The van der Waals surface area contributed by atoms with Crippen LogP contribution >= 0.6 is 58.3 Å². The van der Waals surface area contributed by atoms with Gasteiger partial charge in [0.15, 0.2) is 11.0 Å². The minimum atomic E-state index is -0.118. The number of aliphatic imine (C=N–C) groups is 2. The highest BCUT2D eigenvalue weighted by molar-refractivity contribution is 14.1. The first-order valence-electron chi connectivity index (χ1n) is 9.47. The summed E-state index contributed by atoms with van der Waals surface area (Å²) in [6, 6.07) is 17.2. The Kier molecular flexibility index (Phi) is 7.47. The van der Waals surface area contributed by atoms with Crippen molar-refractivity contribution in [2.45, 2.75) is 44.6 Å². The van der Waals surface area contributed by atoms with Crippen LogP contribution in [-0.4, -0.2) is 22.8 Å². The lowest BCUT2D eigenvalue weighted by Crippen LogP contribution is -2.52. The topological polar surface area (TPSA) is 28.0 Å². The van der Waals surface area contributed by atoms with Crippen molar-refractivity contribution in [3.8, 4) is 0 Å². The van der Waals surface area contributed by atoms with Crippen molar-refractivity contribution < 1.29 is 0 Å². The molecule has 28 heavy (non-hydrogen) atoms. The number of halogens is 2. The van der Waals surface area contributed by atoms with Crippen molar-refractivity contribution in [1.82, 2.24) is 0 Å². The fourth-order valence-corrected chi connectivity index (χ4v) is 5.15. The molecule has 6 heteroatoms. The van der Waals surface area contributed by atoms with Gasteiger partial charge in [0, 0.05) is 9.26 Å². The monoisotopic (exact) mass is 617 g/mol. The minimum Gasteiger partial charge on any atom is -0.307 e. The molecular formula is C22H25I2N3S. The fraction of sp³-hybridized carbons (Fsp3) is 0.364. The number of benzene rings is 2. The molecule has 0 aromatic heterocycles. The molecule has 1 heterocycles. The van der Waals surface area contributed by atoms with Crippen molar-refractivity contribution in [3.05, 3.63) is 57.7 Å². The summed E-state index contributed by atoms with van der Waals surface area (Å²) in [5.41, 5.74) is 3.34. The molecule has 1 fully saturated rings. The molecule has 0 atom stereocenters. The molecule has 0 N–H and O–H groups in total. The van der Waals surface area contributed by atoms with E-state index in [1.807, 2.05) is 0 Å². The molecule has 4 rings (SSSR count). The fourth-order valence-electron chi connectivity index (χ4n) is 4.15. The van der Waals surface area contributed by atoms with E-state index in [1.54, 1.807) is 11.8 Å². The van der Waals surface area contributed by atoms with Crippen LogP contribution in [0.3, 0.4) is 0 Å². The number of hydrogen-bond acceptors (Lipinski definition) is 3. The van der Waals surface area contributed by atoms with Crippen molar-refractivity contribution in [2.24, 2.45) is 9.98 Å². The molecule has 2 aromatic carbocycles. The van der Waals surface area contributed by atoms with Crippen LogP contribution in [0.5, 0.6) is 0 Å². The van der Waals surface area contributed by atoms with Gasteiger partial charge in [-0.25, -0.2) is 9.98 Å². The van der Waals surface area contributed by atoms with E-state index in [0.717, 1.165) is 29.5 Å². The summed E-state index contributed by atoms with van der Waals surface area (Å²) in [7, 11) is 0. The zero-order chi connectivity index (χ0) is 18.9. The van der Waals surface area contributed by atoms with Crippen LogP contribution in [0, 0.1) is 10.5 Å². The van der Waals surface area contributed by atoms with E-state index in [9.17, 15) is 0 Å². The van der Waals surface area contributed by atoms with Crippen molar-refractivity contribution >= 4 is 80.7 Å². The summed E-state index contributed by atoms with van der Waals surface area (Å²) >= 11 is 4.08. The van der Waals surface area contributed by atoms with E-state index in [4.69, 9.17) is 9.98 Å². The Bertz CT molecular complexity index is 887. The lowest BCUT2D eigenvalue weighted by atomic mass is 9.79. The van der Waals surface area contributed by atoms with Gasteiger partial charge >= 0.3 is 0 Å². The van der Waals surface area contributed by atoms with Gasteiger partial charge in [-0.2, -0.15) is 0 Å². The molecular weight excluding hydrogens is 592 g/mol. The predicted molar refractivity (Wildman–Crippen MR) is 142 cm³/mol. The van der Waals surface area contributed by atoms with Gasteiger partial charge in [-0.3, -0.25) is 0 Å². The second kappa shape index (κ2) is 9.47. The Labute approximate surface area is 202 Å². The Balaban J connectivity index is 0.00000225. The quantitative estimate of drug-likeness (QED) is 0.334. The van der Waals surface area contributed by atoms with E-state index in [0.29, 0.717) is 0 Å². The molecule has 0 bridgehead atoms. The number of hydrogen-bond donors (Lipinski definition) is 0. The van der Waals surface area contributed by atoms with Gasteiger partial charge in [0.2, 0.25) is 0 Å². The lowest BCUT2D eigenvalue weighted by molar-refractivity contribution is 0.385. The molecule has 1 spiro atoms. The molecule has 2 aliphatic rings. The zero-order valence-electron chi connectivity index (χ0n) is 16.2. The van der Waals surface area contributed by atoms with Gasteiger partial charge in [0.25, 0.3) is 0 Å². The third-order valence-corrected chi connectivity index (χ3v) is 6.78. The average molecular weight is 617 g/mol. The molecule has 0 amide bonds. The van der Waals surface area contributed by atoms with E-state index in [1.165, 1.54) is 34.1 Å². The van der Waals surface area contributed by atoms with Gasteiger partial charge in [-0.1, -0.05) is 43.2 Å². The lowest BCUT2D eigenvalue weighted by Gasteiger charge is -2.42. The Morgan fingerprint density at radius 1 is 1.07 bits per heavy atom.